The van der Waals surface area contributed by atoms with Gasteiger partial charge in [-0.1, -0.05) is 23.2 Å². The molecule has 0 radical (unpaired) electrons. The highest BCUT2D eigenvalue weighted by atomic mass is 35.5. The molecule has 2 bridgehead atoms. The van der Waals surface area contributed by atoms with Crippen molar-refractivity contribution in [1.82, 2.24) is 5.32 Å². The van der Waals surface area contributed by atoms with Crippen molar-refractivity contribution in [3.63, 3.8) is 0 Å². The Morgan fingerprint density at radius 3 is 2.83 bits per heavy atom. The van der Waals surface area contributed by atoms with Crippen LogP contribution in [0.5, 0.6) is 0 Å². The number of fused-ring (bicyclic) bond motifs is 2. The van der Waals surface area contributed by atoms with Gasteiger partial charge in [-0.2, -0.15) is 0 Å². The Labute approximate surface area is 116 Å². The SMILES string of the molecule is O=C(Nc1cc(Cl)ccc1Cl)C1CC2CCC1N2. The average molecular weight is 285 g/mol. The second-order valence-corrected chi connectivity index (χ2v) is 5.85. The van der Waals surface area contributed by atoms with Crippen LogP contribution in [-0.2, 0) is 4.79 Å². The normalized spacial score (nSPS) is 29.6. The van der Waals surface area contributed by atoms with Gasteiger partial charge in [0.05, 0.1) is 16.6 Å². The summed E-state index contributed by atoms with van der Waals surface area (Å²) in [5.74, 6) is 0.0951. The van der Waals surface area contributed by atoms with E-state index in [2.05, 4.69) is 10.6 Å². The van der Waals surface area contributed by atoms with Gasteiger partial charge >= 0.3 is 0 Å². The molecule has 0 saturated carbocycles. The lowest BCUT2D eigenvalue weighted by Crippen LogP contribution is -2.32. The van der Waals surface area contributed by atoms with Crippen LogP contribution < -0.4 is 10.6 Å². The van der Waals surface area contributed by atoms with E-state index in [1.54, 1.807) is 18.2 Å². The number of carbonyl (C=O) groups is 1. The molecule has 0 aliphatic carbocycles. The monoisotopic (exact) mass is 284 g/mol. The molecular weight excluding hydrogens is 271 g/mol. The highest BCUT2D eigenvalue weighted by molar-refractivity contribution is 6.35. The second-order valence-electron chi connectivity index (χ2n) is 5.00. The summed E-state index contributed by atoms with van der Waals surface area (Å²) in [7, 11) is 0. The third-order valence-corrected chi connectivity index (χ3v) is 4.39. The van der Waals surface area contributed by atoms with E-state index in [-0.39, 0.29) is 11.8 Å². The van der Waals surface area contributed by atoms with Crippen molar-refractivity contribution in [3.05, 3.63) is 28.2 Å². The largest absolute Gasteiger partial charge is 0.324 e. The van der Waals surface area contributed by atoms with Crippen molar-refractivity contribution in [2.45, 2.75) is 31.3 Å². The maximum absolute atomic E-state index is 12.2. The first kappa shape index (κ1) is 12.3. The first-order chi connectivity index (χ1) is 8.63. The third kappa shape index (κ3) is 2.22. The summed E-state index contributed by atoms with van der Waals surface area (Å²) in [6.45, 7) is 0. The number of hydrogen-bond donors (Lipinski definition) is 2. The fraction of sp³-hybridized carbons (Fsp3) is 0.462. The molecule has 1 amide bonds. The van der Waals surface area contributed by atoms with Crippen molar-refractivity contribution in [1.29, 1.82) is 0 Å². The van der Waals surface area contributed by atoms with E-state index in [0.717, 1.165) is 12.8 Å². The molecule has 2 fully saturated rings. The first-order valence-corrected chi connectivity index (χ1v) is 6.91. The molecule has 3 unspecified atom stereocenters. The highest BCUT2D eigenvalue weighted by Crippen LogP contribution is 2.34. The van der Waals surface area contributed by atoms with Crippen molar-refractivity contribution >= 4 is 34.8 Å². The Bertz CT molecular complexity index is 492. The van der Waals surface area contributed by atoms with Crippen molar-refractivity contribution in [2.24, 2.45) is 5.92 Å². The Balaban J connectivity index is 1.72. The summed E-state index contributed by atoms with van der Waals surface area (Å²) >= 11 is 11.9. The molecule has 2 heterocycles. The van der Waals surface area contributed by atoms with Gasteiger partial charge in [-0.05, 0) is 37.5 Å². The van der Waals surface area contributed by atoms with Gasteiger partial charge in [0.1, 0.15) is 0 Å². The van der Waals surface area contributed by atoms with E-state index in [0.29, 0.717) is 27.8 Å². The van der Waals surface area contributed by atoms with E-state index in [9.17, 15) is 4.79 Å². The van der Waals surface area contributed by atoms with Gasteiger partial charge in [-0.3, -0.25) is 4.79 Å². The molecule has 0 spiro atoms. The van der Waals surface area contributed by atoms with Crippen LogP contribution in [0.25, 0.3) is 0 Å². The molecule has 1 aromatic rings. The third-order valence-electron chi connectivity index (χ3n) is 3.82. The van der Waals surface area contributed by atoms with Crippen molar-refractivity contribution < 1.29 is 4.79 Å². The topological polar surface area (TPSA) is 41.1 Å². The van der Waals surface area contributed by atoms with Gasteiger partial charge in [0, 0.05) is 17.1 Å². The molecule has 1 aromatic carbocycles. The number of amides is 1. The molecule has 3 rings (SSSR count). The minimum atomic E-state index is 0.0406. The standard InChI is InChI=1S/C13H14Cl2N2O/c14-7-1-3-10(15)12(5-7)17-13(18)9-6-8-2-4-11(9)16-8/h1,3,5,8-9,11,16H,2,4,6H2,(H,17,18). The number of nitrogens with one attached hydrogen (secondary N) is 2. The van der Waals surface area contributed by atoms with E-state index in [4.69, 9.17) is 23.2 Å². The number of halogens is 2. The number of anilines is 1. The minimum Gasteiger partial charge on any atom is -0.324 e. The van der Waals surface area contributed by atoms with Crippen LogP contribution in [-0.4, -0.2) is 18.0 Å². The zero-order chi connectivity index (χ0) is 12.7. The van der Waals surface area contributed by atoms with Crippen LogP contribution >= 0.6 is 23.2 Å². The second kappa shape index (κ2) is 4.72. The van der Waals surface area contributed by atoms with Gasteiger partial charge < -0.3 is 10.6 Å². The molecule has 5 heteroatoms. The fourth-order valence-electron chi connectivity index (χ4n) is 2.93. The van der Waals surface area contributed by atoms with Crippen LogP contribution in [0.4, 0.5) is 5.69 Å². The predicted molar refractivity (Wildman–Crippen MR) is 73.1 cm³/mol. The van der Waals surface area contributed by atoms with Gasteiger partial charge in [-0.15, -0.1) is 0 Å². The molecule has 2 saturated heterocycles. The molecule has 18 heavy (non-hydrogen) atoms. The van der Waals surface area contributed by atoms with Gasteiger partial charge in [0.15, 0.2) is 0 Å². The number of benzene rings is 1. The molecular formula is C13H14Cl2N2O. The molecule has 3 nitrogen and oxygen atoms in total. The summed E-state index contributed by atoms with van der Waals surface area (Å²) in [5.41, 5.74) is 0.594. The maximum atomic E-state index is 12.2. The van der Waals surface area contributed by atoms with Gasteiger partial charge in [-0.25, -0.2) is 0 Å². The zero-order valence-corrected chi connectivity index (χ0v) is 11.3. The zero-order valence-electron chi connectivity index (χ0n) is 9.75. The molecule has 2 aliphatic heterocycles. The van der Waals surface area contributed by atoms with Crippen molar-refractivity contribution in [3.8, 4) is 0 Å². The minimum absolute atomic E-state index is 0.0406. The highest BCUT2D eigenvalue weighted by Gasteiger charge is 2.42. The van der Waals surface area contributed by atoms with Crippen LogP contribution in [0.2, 0.25) is 10.0 Å². The molecule has 96 valence electrons. The Morgan fingerprint density at radius 1 is 1.33 bits per heavy atom. The van der Waals surface area contributed by atoms with Crippen LogP contribution in [0, 0.1) is 5.92 Å². The smallest absolute Gasteiger partial charge is 0.229 e. The number of rotatable bonds is 2. The van der Waals surface area contributed by atoms with E-state index < -0.39 is 0 Å². The molecule has 2 aliphatic rings. The lowest BCUT2D eigenvalue weighted by Gasteiger charge is -2.19. The number of carbonyl (C=O) groups excluding carboxylic acids is 1. The summed E-state index contributed by atoms with van der Waals surface area (Å²) in [5, 5.41) is 7.42. The first-order valence-electron chi connectivity index (χ1n) is 6.15. The summed E-state index contributed by atoms with van der Waals surface area (Å²) in [4.78, 5) is 12.2. The lowest BCUT2D eigenvalue weighted by molar-refractivity contribution is -0.120. The van der Waals surface area contributed by atoms with Crippen LogP contribution in [0.1, 0.15) is 19.3 Å². The van der Waals surface area contributed by atoms with E-state index >= 15 is 0 Å². The summed E-state index contributed by atoms with van der Waals surface area (Å²) in [6.07, 6.45) is 3.20. The summed E-state index contributed by atoms with van der Waals surface area (Å²) < 4.78 is 0. The predicted octanol–water partition coefficient (Wildman–Crippen LogP) is 3.07. The van der Waals surface area contributed by atoms with Crippen LogP contribution in [0.3, 0.4) is 0 Å². The van der Waals surface area contributed by atoms with Gasteiger partial charge in [0.25, 0.3) is 0 Å². The fourth-order valence-corrected chi connectivity index (χ4v) is 3.27. The molecule has 2 N–H and O–H groups in total. The quantitative estimate of drug-likeness (QED) is 0.876. The van der Waals surface area contributed by atoms with Gasteiger partial charge in [0.2, 0.25) is 5.91 Å². The Hall–Kier alpha value is -0.770. The maximum Gasteiger partial charge on any atom is 0.229 e. The Kier molecular flexibility index (Phi) is 3.22. The Morgan fingerprint density at radius 2 is 2.17 bits per heavy atom. The van der Waals surface area contributed by atoms with Crippen molar-refractivity contribution in [2.75, 3.05) is 5.32 Å². The van der Waals surface area contributed by atoms with Crippen LogP contribution in [0.15, 0.2) is 18.2 Å². The molecule has 3 atom stereocenters. The van der Waals surface area contributed by atoms with E-state index in [1.807, 2.05) is 0 Å². The summed E-state index contributed by atoms with van der Waals surface area (Å²) in [6, 6.07) is 5.92. The number of hydrogen-bond acceptors (Lipinski definition) is 2. The van der Waals surface area contributed by atoms with E-state index in [1.165, 1.54) is 6.42 Å². The average Bonchev–Trinajstić information content (AvgIpc) is 2.96. The molecule has 0 aromatic heterocycles. The lowest BCUT2D eigenvalue weighted by atomic mass is 9.88.